The van der Waals surface area contributed by atoms with Gasteiger partial charge in [-0.15, -0.1) is 0 Å². The number of nitrogens with zero attached hydrogens (tertiary/aromatic N) is 1. The van der Waals surface area contributed by atoms with Crippen LogP contribution in [0.5, 0.6) is 0 Å². The van der Waals surface area contributed by atoms with Crippen molar-refractivity contribution in [2.45, 2.75) is 51.6 Å². The molecule has 2 rings (SSSR count). The number of hydrogen-bond acceptors (Lipinski definition) is 2. The van der Waals surface area contributed by atoms with Gasteiger partial charge in [0.15, 0.2) is 0 Å². The van der Waals surface area contributed by atoms with Gasteiger partial charge in [0.2, 0.25) is 0 Å². The van der Waals surface area contributed by atoms with Gasteiger partial charge in [-0.1, -0.05) is 44.2 Å². The standard InChI is InChI=1S/C17H25NO2/c1-13(2)12-15(14-8-5-4-6-9-14)18-11-7-10-17(18,3)16(19)20/h4-6,8-9,13,15H,7,10-12H2,1-3H3,(H,19,20). The molecule has 0 radical (unpaired) electrons. The number of benzene rings is 1. The molecule has 1 N–H and O–H groups in total. The third-order valence-corrected chi connectivity index (χ3v) is 4.41. The highest BCUT2D eigenvalue weighted by molar-refractivity contribution is 5.78. The van der Waals surface area contributed by atoms with Gasteiger partial charge < -0.3 is 5.11 Å². The van der Waals surface area contributed by atoms with Crippen LogP contribution < -0.4 is 0 Å². The molecule has 0 spiro atoms. The van der Waals surface area contributed by atoms with Crippen LogP contribution in [-0.4, -0.2) is 28.1 Å². The maximum Gasteiger partial charge on any atom is 0.323 e. The highest BCUT2D eigenvalue weighted by Gasteiger charge is 2.46. The van der Waals surface area contributed by atoms with E-state index in [2.05, 4.69) is 30.9 Å². The first kappa shape index (κ1) is 15.0. The van der Waals surface area contributed by atoms with E-state index in [4.69, 9.17) is 0 Å². The molecule has 0 bridgehead atoms. The Morgan fingerprint density at radius 1 is 1.35 bits per heavy atom. The van der Waals surface area contributed by atoms with Gasteiger partial charge in [-0.3, -0.25) is 9.69 Å². The van der Waals surface area contributed by atoms with Crippen LogP contribution in [0.1, 0.15) is 51.6 Å². The van der Waals surface area contributed by atoms with Crippen molar-refractivity contribution in [1.82, 2.24) is 4.90 Å². The summed E-state index contributed by atoms with van der Waals surface area (Å²) in [5.41, 5.74) is 0.505. The van der Waals surface area contributed by atoms with E-state index >= 15 is 0 Å². The molecule has 1 aliphatic heterocycles. The van der Waals surface area contributed by atoms with E-state index in [-0.39, 0.29) is 6.04 Å². The van der Waals surface area contributed by atoms with Crippen LogP contribution in [0.15, 0.2) is 30.3 Å². The fourth-order valence-corrected chi connectivity index (χ4v) is 3.28. The minimum absolute atomic E-state index is 0.194. The van der Waals surface area contributed by atoms with Crippen molar-refractivity contribution in [3.8, 4) is 0 Å². The lowest BCUT2D eigenvalue weighted by molar-refractivity contribution is -0.150. The zero-order chi connectivity index (χ0) is 14.8. The van der Waals surface area contributed by atoms with Crippen LogP contribution in [0.25, 0.3) is 0 Å². The molecular weight excluding hydrogens is 250 g/mol. The maximum atomic E-state index is 11.7. The molecule has 1 aliphatic rings. The number of likely N-dealkylation sites (tertiary alicyclic amines) is 1. The molecule has 1 aromatic carbocycles. The molecule has 110 valence electrons. The Bertz CT molecular complexity index is 457. The van der Waals surface area contributed by atoms with Crippen molar-refractivity contribution in [3.05, 3.63) is 35.9 Å². The Morgan fingerprint density at radius 2 is 2.00 bits per heavy atom. The van der Waals surface area contributed by atoms with Gasteiger partial charge in [-0.05, 0) is 44.2 Å². The summed E-state index contributed by atoms with van der Waals surface area (Å²) in [4.78, 5) is 13.9. The molecule has 0 aromatic heterocycles. The molecule has 2 atom stereocenters. The molecule has 2 unspecified atom stereocenters. The quantitative estimate of drug-likeness (QED) is 0.890. The summed E-state index contributed by atoms with van der Waals surface area (Å²) in [6.07, 6.45) is 2.70. The van der Waals surface area contributed by atoms with Crippen LogP contribution in [0.2, 0.25) is 0 Å². The first-order chi connectivity index (χ1) is 9.45. The summed E-state index contributed by atoms with van der Waals surface area (Å²) in [6, 6.07) is 10.5. The van der Waals surface area contributed by atoms with E-state index in [1.54, 1.807) is 0 Å². The number of hydrogen-bond donors (Lipinski definition) is 1. The van der Waals surface area contributed by atoms with Crippen LogP contribution in [0, 0.1) is 5.92 Å². The molecule has 0 saturated carbocycles. The summed E-state index contributed by atoms with van der Waals surface area (Å²) < 4.78 is 0. The van der Waals surface area contributed by atoms with Crippen molar-refractivity contribution in [1.29, 1.82) is 0 Å². The number of aliphatic carboxylic acids is 1. The predicted molar refractivity (Wildman–Crippen MR) is 80.6 cm³/mol. The third kappa shape index (κ3) is 2.88. The molecule has 1 aromatic rings. The van der Waals surface area contributed by atoms with Crippen molar-refractivity contribution < 1.29 is 9.90 Å². The van der Waals surface area contributed by atoms with Crippen LogP contribution >= 0.6 is 0 Å². The molecular formula is C17H25NO2. The van der Waals surface area contributed by atoms with Crippen LogP contribution in [0.4, 0.5) is 0 Å². The van der Waals surface area contributed by atoms with E-state index in [1.165, 1.54) is 5.56 Å². The highest BCUT2D eigenvalue weighted by atomic mass is 16.4. The lowest BCUT2D eigenvalue weighted by Gasteiger charge is -2.39. The molecule has 1 saturated heterocycles. The summed E-state index contributed by atoms with van der Waals surface area (Å²) in [6.45, 7) is 7.14. The Balaban J connectivity index is 2.34. The lowest BCUT2D eigenvalue weighted by Crippen LogP contribution is -2.49. The average Bonchev–Trinajstić information content (AvgIpc) is 2.80. The molecule has 1 heterocycles. The minimum atomic E-state index is -0.727. The third-order valence-electron chi connectivity index (χ3n) is 4.41. The molecule has 0 amide bonds. The molecule has 0 aliphatic carbocycles. The lowest BCUT2D eigenvalue weighted by atomic mass is 9.91. The van der Waals surface area contributed by atoms with Gasteiger partial charge in [-0.2, -0.15) is 0 Å². The van der Waals surface area contributed by atoms with Gasteiger partial charge in [0.25, 0.3) is 0 Å². The zero-order valence-corrected chi connectivity index (χ0v) is 12.7. The number of rotatable bonds is 5. The Morgan fingerprint density at radius 3 is 2.55 bits per heavy atom. The summed E-state index contributed by atoms with van der Waals surface area (Å²) in [7, 11) is 0. The first-order valence-electron chi connectivity index (χ1n) is 7.50. The largest absolute Gasteiger partial charge is 0.480 e. The van der Waals surface area contributed by atoms with Crippen molar-refractivity contribution >= 4 is 5.97 Å². The van der Waals surface area contributed by atoms with E-state index in [1.807, 2.05) is 25.1 Å². The van der Waals surface area contributed by atoms with Gasteiger partial charge >= 0.3 is 5.97 Å². The van der Waals surface area contributed by atoms with Gasteiger partial charge in [0, 0.05) is 6.04 Å². The zero-order valence-electron chi connectivity index (χ0n) is 12.7. The normalized spacial score (nSPS) is 25.0. The van der Waals surface area contributed by atoms with Crippen molar-refractivity contribution in [2.75, 3.05) is 6.54 Å². The Hall–Kier alpha value is -1.35. The van der Waals surface area contributed by atoms with Gasteiger partial charge in [0.05, 0.1) is 0 Å². The molecule has 3 heteroatoms. The molecule has 20 heavy (non-hydrogen) atoms. The molecule has 3 nitrogen and oxygen atoms in total. The average molecular weight is 275 g/mol. The monoisotopic (exact) mass is 275 g/mol. The topological polar surface area (TPSA) is 40.5 Å². The van der Waals surface area contributed by atoms with Crippen LogP contribution in [-0.2, 0) is 4.79 Å². The van der Waals surface area contributed by atoms with Crippen LogP contribution in [0.3, 0.4) is 0 Å². The maximum absolute atomic E-state index is 11.7. The minimum Gasteiger partial charge on any atom is -0.480 e. The van der Waals surface area contributed by atoms with E-state index in [0.29, 0.717) is 5.92 Å². The van der Waals surface area contributed by atoms with Gasteiger partial charge in [0.1, 0.15) is 5.54 Å². The number of carboxylic acid groups (broad SMARTS) is 1. The fraction of sp³-hybridized carbons (Fsp3) is 0.588. The number of carboxylic acids is 1. The summed E-state index contributed by atoms with van der Waals surface area (Å²) in [5.74, 6) is -0.154. The SMILES string of the molecule is CC(C)CC(c1ccccc1)N1CCCC1(C)C(=O)O. The van der Waals surface area contributed by atoms with Crippen molar-refractivity contribution in [3.63, 3.8) is 0 Å². The number of carbonyl (C=O) groups is 1. The smallest absolute Gasteiger partial charge is 0.323 e. The second-order valence-corrected chi connectivity index (χ2v) is 6.43. The van der Waals surface area contributed by atoms with E-state index < -0.39 is 11.5 Å². The Labute approximate surface area is 121 Å². The predicted octanol–water partition coefficient (Wildman–Crippen LogP) is 3.71. The fourth-order valence-electron chi connectivity index (χ4n) is 3.28. The van der Waals surface area contributed by atoms with Crippen molar-refractivity contribution in [2.24, 2.45) is 5.92 Å². The summed E-state index contributed by atoms with van der Waals surface area (Å²) >= 11 is 0. The van der Waals surface area contributed by atoms with E-state index in [0.717, 1.165) is 25.8 Å². The van der Waals surface area contributed by atoms with Gasteiger partial charge in [-0.25, -0.2) is 0 Å². The van der Waals surface area contributed by atoms with E-state index in [9.17, 15) is 9.90 Å². The Kier molecular flexibility index (Phi) is 4.48. The second kappa shape index (κ2) is 5.96. The molecule has 1 fully saturated rings. The highest BCUT2D eigenvalue weighted by Crippen LogP contribution is 2.39. The second-order valence-electron chi connectivity index (χ2n) is 6.43. The summed E-state index contributed by atoms with van der Waals surface area (Å²) in [5, 5.41) is 9.63. The first-order valence-corrected chi connectivity index (χ1v) is 7.50.